The van der Waals surface area contributed by atoms with E-state index in [0.717, 1.165) is 4.40 Å². The molecular weight excluding hydrogens is 355 g/mol. The Morgan fingerprint density at radius 3 is 2.81 bits per heavy atom. The highest BCUT2D eigenvalue weighted by molar-refractivity contribution is 5.95. The largest absolute Gasteiger partial charge is 0.493 e. The number of aromatic nitrogens is 2. The second-order valence-electron chi connectivity index (χ2n) is 6.24. The standard InChI is InChI=1S/C16H18F3N3O4/c1-15(2)25-8-9(26-15)7-20-14(23)11-12(16(17,18)19)21-13-10(24-3)5-4-6-22(11)13/h4-6,9H,7-8H2,1-3H3,(H,20,23). The Morgan fingerprint density at radius 2 is 2.23 bits per heavy atom. The van der Waals surface area contributed by atoms with Gasteiger partial charge in [-0.2, -0.15) is 13.2 Å². The number of pyridine rings is 1. The van der Waals surface area contributed by atoms with Gasteiger partial charge in [0.15, 0.2) is 22.9 Å². The van der Waals surface area contributed by atoms with Gasteiger partial charge in [0.05, 0.1) is 13.7 Å². The van der Waals surface area contributed by atoms with Gasteiger partial charge in [0.2, 0.25) is 0 Å². The lowest BCUT2D eigenvalue weighted by Crippen LogP contribution is -2.35. The Hall–Kier alpha value is -2.33. The smallest absolute Gasteiger partial charge is 0.435 e. The lowest BCUT2D eigenvalue weighted by Gasteiger charge is -2.17. The highest BCUT2D eigenvalue weighted by Crippen LogP contribution is 2.34. The lowest BCUT2D eigenvalue weighted by molar-refractivity contribution is -0.141. The first-order valence-electron chi connectivity index (χ1n) is 7.84. The minimum atomic E-state index is -4.79. The van der Waals surface area contributed by atoms with Crippen molar-refractivity contribution in [2.45, 2.75) is 31.9 Å². The Balaban J connectivity index is 1.91. The molecule has 26 heavy (non-hydrogen) atoms. The van der Waals surface area contributed by atoms with Crippen LogP contribution in [0.25, 0.3) is 5.65 Å². The number of imidazole rings is 1. The second-order valence-corrected chi connectivity index (χ2v) is 6.24. The van der Waals surface area contributed by atoms with E-state index in [1.165, 1.54) is 25.4 Å². The van der Waals surface area contributed by atoms with Crippen LogP contribution in [-0.2, 0) is 15.7 Å². The van der Waals surface area contributed by atoms with E-state index in [9.17, 15) is 18.0 Å². The maximum Gasteiger partial charge on any atom is 0.435 e. The van der Waals surface area contributed by atoms with Crippen molar-refractivity contribution in [3.05, 3.63) is 29.7 Å². The van der Waals surface area contributed by atoms with Crippen LogP contribution >= 0.6 is 0 Å². The van der Waals surface area contributed by atoms with Crippen molar-refractivity contribution < 1.29 is 32.2 Å². The van der Waals surface area contributed by atoms with E-state index in [0.29, 0.717) is 0 Å². The van der Waals surface area contributed by atoms with Crippen LogP contribution in [0.2, 0.25) is 0 Å². The van der Waals surface area contributed by atoms with E-state index in [-0.39, 0.29) is 24.5 Å². The minimum Gasteiger partial charge on any atom is -0.493 e. The summed E-state index contributed by atoms with van der Waals surface area (Å²) in [5, 5.41) is 2.46. The Bertz CT molecular complexity index is 832. The number of ether oxygens (including phenoxy) is 3. The molecule has 1 aliphatic rings. The maximum atomic E-state index is 13.4. The zero-order chi connectivity index (χ0) is 19.1. The summed E-state index contributed by atoms with van der Waals surface area (Å²) in [5.41, 5.74) is -1.97. The van der Waals surface area contributed by atoms with Gasteiger partial charge < -0.3 is 19.5 Å². The van der Waals surface area contributed by atoms with Gasteiger partial charge in [-0.1, -0.05) is 0 Å². The van der Waals surface area contributed by atoms with Crippen molar-refractivity contribution in [2.75, 3.05) is 20.3 Å². The van der Waals surface area contributed by atoms with Crippen LogP contribution in [0.15, 0.2) is 18.3 Å². The quantitative estimate of drug-likeness (QED) is 0.890. The van der Waals surface area contributed by atoms with Gasteiger partial charge in [0, 0.05) is 12.7 Å². The summed E-state index contributed by atoms with van der Waals surface area (Å²) < 4.78 is 57.2. The summed E-state index contributed by atoms with van der Waals surface area (Å²) in [6.07, 6.45) is -3.91. The molecule has 1 saturated heterocycles. The number of hydrogen-bond acceptors (Lipinski definition) is 5. The van der Waals surface area contributed by atoms with Crippen molar-refractivity contribution >= 4 is 11.6 Å². The minimum absolute atomic E-state index is 0.0107. The van der Waals surface area contributed by atoms with Gasteiger partial charge in [0.25, 0.3) is 5.91 Å². The van der Waals surface area contributed by atoms with E-state index < -0.39 is 35.4 Å². The number of hydrogen-bond donors (Lipinski definition) is 1. The predicted molar refractivity (Wildman–Crippen MR) is 84.0 cm³/mol. The third-order valence-corrected chi connectivity index (χ3v) is 3.88. The predicted octanol–water partition coefficient (Wildman–Crippen LogP) is 2.24. The third kappa shape index (κ3) is 3.47. The number of nitrogens with zero attached hydrogens (tertiary/aromatic N) is 2. The van der Waals surface area contributed by atoms with E-state index in [1.807, 2.05) is 0 Å². The molecule has 0 radical (unpaired) electrons. The zero-order valence-corrected chi connectivity index (χ0v) is 14.4. The molecule has 142 valence electrons. The van der Waals surface area contributed by atoms with Gasteiger partial charge in [-0.3, -0.25) is 9.20 Å². The molecule has 10 heteroatoms. The average Bonchev–Trinajstić information content (AvgIpc) is 3.12. The molecule has 1 unspecified atom stereocenters. The van der Waals surface area contributed by atoms with Crippen LogP contribution in [0.3, 0.4) is 0 Å². The number of methoxy groups -OCH3 is 1. The topological polar surface area (TPSA) is 74.1 Å². The fourth-order valence-electron chi connectivity index (χ4n) is 2.77. The molecule has 0 bridgehead atoms. The Kier molecular flexibility index (Phi) is 4.57. The van der Waals surface area contributed by atoms with Gasteiger partial charge in [-0.25, -0.2) is 4.98 Å². The first kappa shape index (κ1) is 18.5. The molecule has 2 aromatic rings. The number of carbonyl (C=O) groups excluding carboxylic acids is 1. The molecule has 2 aromatic heterocycles. The molecule has 0 saturated carbocycles. The molecule has 0 aliphatic carbocycles. The molecule has 1 atom stereocenters. The average molecular weight is 373 g/mol. The van der Waals surface area contributed by atoms with Gasteiger partial charge in [-0.05, 0) is 26.0 Å². The normalized spacial score (nSPS) is 19.7. The van der Waals surface area contributed by atoms with E-state index in [2.05, 4.69) is 10.3 Å². The lowest BCUT2D eigenvalue weighted by atomic mass is 10.2. The molecule has 1 fully saturated rings. The third-order valence-electron chi connectivity index (χ3n) is 3.88. The Morgan fingerprint density at radius 1 is 1.50 bits per heavy atom. The molecule has 3 heterocycles. The van der Waals surface area contributed by atoms with Crippen molar-refractivity contribution in [3.63, 3.8) is 0 Å². The summed E-state index contributed by atoms with van der Waals surface area (Å²) in [6.45, 7) is 3.68. The van der Waals surface area contributed by atoms with Crippen LogP contribution in [0, 0.1) is 0 Å². The summed E-state index contributed by atoms with van der Waals surface area (Å²) in [6, 6.07) is 2.94. The van der Waals surface area contributed by atoms with Gasteiger partial charge in [0.1, 0.15) is 11.8 Å². The molecule has 3 rings (SSSR count). The molecule has 1 aliphatic heterocycles. The van der Waals surface area contributed by atoms with Crippen LogP contribution in [0.1, 0.15) is 30.0 Å². The number of rotatable bonds is 4. The number of alkyl halides is 3. The molecule has 1 amide bonds. The number of amides is 1. The summed E-state index contributed by atoms with van der Waals surface area (Å²) in [5.74, 6) is -1.57. The van der Waals surface area contributed by atoms with Gasteiger partial charge >= 0.3 is 6.18 Å². The fraction of sp³-hybridized carbons (Fsp3) is 0.500. The number of fused-ring (bicyclic) bond motifs is 1. The fourth-order valence-corrected chi connectivity index (χ4v) is 2.77. The number of carbonyl (C=O) groups is 1. The van der Waals surface area contributed by atoms with Crippen LogP contribution in [-0.4, -0.2) is 47.4 Å². The van der Waals surface area contributed by atoms with Crippen LogP contribution in [0.5, 0.6) is 5.75 Å². The molecule has 0 aromatic carbocycles. The molecular formula is C16H18F3N3O4. The summed E-state index contributed by atoms with van der Waals surface area (Å²) >= 11 is 0. The SMILES string of the molecule is COc1cccn2c(C(=O)NCC3COC(C)(C)O3)c(C(F)(F)F)nc12. The zero-order valence-electron chi connectivity index (χ0n) is 14.4. The van der Waals surface area contributed by atoms with Crippen LogP contribution < -0.4 is 10.1 Å². The molecule has 0 spiro atoms. The van der Waals surface area contributed by atoms with Crippen LogP contribution in [0.4, 0.5) is 13.2 Å². The first-order valence-corrected chi connectivity index (χ1v) is 7.84. The monoisotopic (exact) mass is 373 g/mol. The van der Waals surface area contributed by atoms with Crippen molar-refractivity contribution in [1.29, 1.82) is 0 Å². The Labute approximate surface area is 147 Å². The maximum absolute atomic E-state index is 13.4. The first-order chi connectivity index (χ1) is 12.1. The van der Waals surface area contributed by atoms with E-state index >= 15 is 0 Å². The second kappa shape index (κ2) is 6.44. The van der Waals surface area contributed by atoms with E-state index in [1.54, 1.807) is 13.8 Å². The summed E-state index contributed by atoms with van der Waals surface area (Å²) in [7, 11) is 1.32. The highest BCUT2D eigenvalue weighted by atomic mass is 19.4. The highest BCUT2D eigenvalue weighted by Gasteiger charge is 2.41. The van der Waals surface area contributed by atoms with E-state index in [4.69, 9.17) is 14.2 Å². The number of nitrogens with one attached hydrogen (secondary N) is 1. The molecule has 1 N–H and O–H groups in total. The van der Waals surface area contributed by atoms with Crippen molar-refractivity contribution in [1.82, 2.24) is 14.7 Å². The molecule has 7 nitrogen and oxygen atoms in total. The number of halogens is 3. The van der Waals surface area contributed by atoms with Crippen molar-refractivity contribution in [3.8, 4) is 5.75 Å². The summed E-state index contributed by atoms with van der Waals surface area (Å²) in [4.78, 5) is 16.1. The van der Waals surface area contributed by atoms with Gasteiger partial charge in [-0.15, -0.1) is 0 Å². The van der Waals surface area contributed by atoms with Crippen molar-refractivity contribution in [2.24, 2.45) is 0 Å².